The van der Waals surface area contributed by atoms with Crippen molar-refractivity contribution in [3.63, 3.8) is 0 Å². The Hall–Kier alpha value is -3.12. The van der Waals surface area contributed by atoms with E-state index in [1.807, 2.05) is 42.6 Å². The van der Waals surface area contributed by atoms with E-state index in [-0.39, 0.29) is 11.8 Å². The molecule has 2 aromatic carbocycles. The van der Waals surface area contributed by atoms with Crippen LogP contribution in [-0.4, -0.2) is 17.9 Å². The summed E-state index contributed by atoms with van der Waals surface area (Å²) < 4.78 is 5.69. The summed E-state index contributed by atoms with van der Waals surface area (Å²) in [7, 11) is 0. The second-order valence-electron chi connectivity index (χ2n) is 6.08. The first-order valence-electron chi connectivity index (χ1n) is 8.50. The molecule has 1 unspecified atom stereocenters. The maximum Gasteiger partial charge on any atom is 0.265 e. The average Bonchev–Trinajstić information content (AvgIpc) is 3.17. The van der Waals surface area contributed by atoms with Gasteiger partial charge in [-0.1, -0.05) is 24.3 Å². The predicted molar refractivity (Wildman–Crippen MR) is 109 cm³/mol. The van der Waals surface area contributed by atoms with Crippen LogP contribution in [0.2, 0.25) is 0 Å². The van der Waals surface area contributed by atoms with Crippen LogP contribution in [0.3, 0.4) is 0 Å². The van der Waals surface area contributed by atoms with Gasteiger partial charge in [0.15, 0.2) is 6.10 Å². The molecule has 0 aliphatic rings. The van der Waals surface area contributed by atoms with Crippen molar-refractivity contribution in [3.8, 4) is 5.75 Å². The molecular formula is C21H20N2O3S. The van der Waals surface area contributed by atoms with Crippen molar-refractivity contribution in [2.45, 2.75) is 20.0 Å². The molecule has 138 valence electrons. The van der Waals surface area contributed by atoms with Crippen LogP contribution in [0.1, 0.15) is 22.2 Å². The first-order valence-corrected chi connectivity index (χ1v) is 9.38. The highest BCUT2D eigenvalue weighted by Crippen LogP contribution is 2.19. The van der Waals surface area contributed by atoms with Gasteiger partial charge in [0.25, 0.3) is 11.8 Å². The van der Waals surface area contributed by atoms with Crippen LogP contribution in [0.5, 0.6) is 5.75 Å². The Morgan fingerprint density at radius 1 is 0.963 bits per heavy atom. The molecule has 0 bridgehead atoms. The van der Waals surface area contributed by atoms with Gasteiger partial charge in [0, 0.05) is 11.4 Å². The molecule has 3 aromatic rings. The number of nitrogens with one attached hydrogen (secondary N) is 2. The zero-order chi connectivity index (χ0) is 19.2. The summed E-state index contributed by atoms with van der Waals surface area (Å²) in [5, 5.41) is 7.48. The number of aryl methyl sites for hydroxylation is 1. The largest absolute Gasteiger partial charge is 0.481 e. The van der Waals surface area contributed by atoms with Crippen molar-refractivity contribution in [1.82, 2.24) is 0 Å². The van der Waals surface area contributed by atoms with Crippen molar-refractivity contribution in [2.75, 3.05) is 10.6 Å². The first-order chi connectivity index (χ1) is 13.0. The molecule has 0 saturated heterocycles. The van der Waals surface area contributed by atoms with E-state index in [9.17, 15) is 9.59 Å². The minimum absolute atomic E-state index is 0.176. The van der Waals surface area contributed by atoms with Gasteiger partial charge in [0.2, 0.25) is 0 Å². The fraction of sp³-hybridized carbons (Fsp3) is 0.143. The highest BCUT2D eigenvalue weighted by molar-refractivity contribution is 7.12. The lowest BCUT2D eigenvalue weighted by Crippen LogP contribution is -2.30. The maximum atomic E-state index is 12.4. The number of carbonyl (C=O) groups excluding carboxylic acids is 2. The molecular weight excluding hydrogens is 360 g/mol. The third-order valence-electron chi connectivity index (χ3n) is 3.80. The molecule has 1 atom stereocenters. The lowest BCUT2D eigenvalue weighted by molar-refractivity contribution is -0.122. The fourth-order valence-corrected chi connectivity index (χ4v) is 3.08. The van der Waals surface area contributed by atoms with E-state index in [2.05, 4.69) is 10.6 Å². The van der Waals surface area contributed by atoms with Gasteiger partial charge in [0.1, 0.15) is 5.75 Å². The van der Waals surface area contributed by atoms with Crippen molar-refractivity contribution in [3.05, 3.63) is 76.5 Å². The van der Waals surface area contributed by atoms with E-state index in [0.717, 1.165) is 5.56 Å². The normalized spacial score (nSPS) is 11.5. The Morgan fingerprint density at radius 3 is 2.41 bits per heavy atom. The van der Waals surface area contributed by atoms with E-state index in [1.54, 1.807) is 37.3 Å². The van der Waals surface area contributed by atoms with Crippen molar-refractivity contribution in [2.24, 2.45) is 0 Å². The van der Waals surface area contributed by atoms with Gasteiger partial charge in [-0.2, -0.15) is 0 Å². The van der Waals surface area contributed by atoms with Crippen molar-refractivity contribution in [1.29, 1.82) is 0 Å². The molecule has 1 aromatic heterocycles. The molecule has 0 radical (unpaired) electrons. The average molecular weight is 380 g/mol. The third-order valence-corrected chi connectivity index (χ3v) is 4.67. The molecule has 0 saturated carbocycles. The molecule has 5 nitrogen and oxygen atoms in total. The van der Waals surface area contributed by atoms with E-state index in [0.29, 0.717) is 22.0 Å². The molecule has 0 aliphatic heterocycles. The molecule has 1 heterocycles. The number of rotatable bonds is 6. The zero-order valence-electron chi connectivity index (χ0n) is 15.1. The third kappa shape index (κ3) is 5.18. The van der Waals surface area contributed by atoms with Gasteiger partial charge in [-0.15, -0.1) is 11.3 Å². The van der Waals surface area contributed by atoms with Crippen LogP contribution in [0.15, 0.2) is 66.0 Å². The Labute approximate surface area is 162 Å². The van der Waals surface area contributed by atoms with Crippen LogP contribution in [0.4, 0.5) is 11.4 Å². The Balaban J connectivity index is 1.61. The summed E-state index contributed by atoms with van der Waals surface area (Å²) in [5.74, 6) is 0.206. The number of hydrogen-bond acceptors (Lipinski definition) is 4. The molecule has 0 fully saturated rings. The zero-order valence-corrected chi connectivity index (χ0v) is 15.9. The lowest BCUT2D eigenvalue weighted by atomic mass is 10.2. The monoisotopic (exact) mass is 380 g/mol. The van der Waals surface area contributed by atoms with Gasteiger partial charge in [0.05, 0.1) is 4.88 Å². The number of anilines is 2. The van der Waals surface area contributed by atoms with Gasteiger partial charge < -0.3 is 15.4 Å². The second-order valence-corrected chi connectivity index (χ2v) is 7.03. The van der Waals surface area contributed by atoms with Crippen LogP contribution in [-0.2, 0) is 4.79 Å². The molecule has 27 heavy (non-hydrogen) atoms. The Kier molecular flexibility index (Phi) is 5.88. The molecule has 2 N–H and O–H groups in total. The minimum atomic E-state index is -0.656. The number of carbonyl (C=O) groups is 2. The van der Waals surface area contributed by atoms with Gasteiger partial charge in [-0.05, 0) is 61.2 Å². The Bertz CT molecular complexity index is 938. The van der Waals surface area contributed by atoms with Crippen molar-refractivity contribution < 1.29 is 14.3 Å². The van der Waals surface area contributed by atoms with E-state index in [1.165, 1.54) is 11.3 Å². The van der Waals surface area contributed by atoms with Crippen LogP contribution < -0.4 is 15.4 Å². The van der Waals surface area contributed by atoms with Gasteiger partial charge in [-0.25, -0.2) is 0 Å². The minimum Gasteiger partial charge on any atom is -0.481 e. The molecule has 6 heteroatoms. The summed E-state index contributed by atoms with van der Waals surface area (Å²) in [6, 6.07) is 18.1. The standard InChI is InChI=1S/C21H20N2O3S/c1-14-6-3-9-18(12-14)26-15(2)20(24)22-16-7-4-8-17(13-16)23-21(25)19-10-5-11-27-19/h3-13,15H,1-2H3,(H,22,24)(H,23,25). The molecule has 0 aliphatic carbocycles. The predicted octanol–water partition coefficient (Wildman–Crippen LogP) is 4.71. The summed E-state index contributed by atoms with van der Waals surface area (Å²) in [6.07, 6.45) is -0.656. The maximum absolute atomic E-state index is 12.4. The van der Waals surface area contributed by atoms with Gasteiger partial charge >= 0.3 is 0 Å². The van der Waals surface area contributed by atoms with Crippen LogP contribution >= 0.6 is 11.3 Å². The van der Waals surface area contributed by atoms with Crippen molar-refractivity contribution >= 4 is 34.5 Å². The van der Waals surface area contributed by atoms with E-state index >= 15 is 0 Å². The summed E-state index contributed by atoms with van der Waals surface area (Å²) in [6.45, 7) is 3.66. The summed E-state index contributed by atoms with van der Waals surface area (Å²) in [5.41, 5.74) is 2.26. The Morgan fingerprint density at radius 2 is 1.70 bits per heavy atom. The summed E-state index contributed by atoms with van der Waals surface area (Å²) >= 11 is 1.37. The number of thiophene rings is 1. The number of hydrogen-bond donors (Lipinski definition) is 2. The smallest absolute Gasteiger partial charge is 0.265 e. The second kappa shape index (κ2) is 8.51. The highest BCUT2D eigenvalue weighted by Gasteiger charge is 2.15. The summed E-state index contributed by atoms with van der Waals surface area (Å²) in [4.78, 5) is 25.2. The van der Waals surface area contributed by atoms with E-state index in [4.69, 9.17) is 4.74 Å². The van der Waals surface area contributed by atoms with Crippen LogP contribution in [0, 0.1) is 6.92 Å². The first kappa shape index (κ1) is 18.7. The number of benzene rings is 2. The quantitative estimate of drug-likeness (QED) is 0.650. The molecule has 0 spiro atoms. The number of ether oxygens (including phenoxy) is 1. The SMILES string of the molecule is Cc1cccc(OC(C)C(=O)Nc2cccc(NC(=O)c3cccs3)c2)c1. The highest BCUT2D eigenvalue weighted by atomic mass is 32.1. The molecule has 2 amide bonds. The van der Waals surface area contributed by atoms with Crippen LogP contribution in [0.25, 0.3) is 0 Å². The number of amides is 2. The lowest BCUT2D eigenvalue weighted by Gasteiger charge is -2.15. The van der Waals surface area contributed by atoms with E-state index < -0.39 is 6.10 Å². The van der Waals surface area contributed by atoms with Gasteiger partial charge in [-0.3, -0.25) is 9.59 Å². The topological polar surface area (TPSA) is 67.4 Å². The molecule has 3 rings (SSSR count). The fourth-order valence-electron chi connectivity index (χ4n) is 2.47.